The third-order valence-electron chi connectivity index (χ3n) is 6.12. The minimum absolute atomic E-state index is 0.0965. The Hall–Kier alpha value is -4.73. The first-order valence-electron chi connectivity index (χ1n) is 11.7. The molecule has 4 heterocycles. The molecule has 10 heteroatoms. The van der Waals surface area contributed by atoms with Crippen molar-refractivity contribution in [2.75, 3.05) is 5.32 Å². The van der Waals surface area contributed by atoms with Crippen molar-refractivity contribution in [3.05, 3.63) is 78.9 Å². The van der Waals surface area contributed by atoms with Crippen molar-refractivity contribution in [2.45, 2.75) is 32.6 Å². The van der Waals surface area contributed by atoms with Gasteiger partial charge in [-0.25, -0.2) is 24.3 Å². The minimum atomic E-state index is -0.333. The van der Waals surface area contributed by atoms with Gasteiger partial charge in [-0.2, -0.15) is 0 Å². The van der Waals surface area contributed by atoms with E-state index in [2.05, 4.69) is 56.7 Å². The zero-order valence-corrected chi connectivity index (χ0v) is 20.7. The molecule has 37 heavy (non-hydrogen) atoms. The Labute approximate surface area is 213 Å². The Bertz CT molecular complexity index is 1530. The average Bonchev–Trinajstić information content (AvgIpc) is 3.40. The molecule has 188 valence electrons. The summed E-state index contributed by atoms with van der Waals surface area (Å²) in [5.41, 5.74) is 9.46. The smallest absolute Gasteiger partial charge is 0.204 e. The molecule has 4 N–H and O–H groups in total. The quantitative estimate of drug-likeness (QED) is 0.276. The maximum absolute atomic E-state index is 14.9. The molecule has 0 saturated heterocycles. The fraction of sp³-hybridized carbons (Fsp3) is 0.185. The summed E-state index contributed by atoms with van der Waals surface area (Å²) in [5, 5.41) is 3.32. The van der Waals surface area contributed by atoms with Crippen molar-refractivity contribution in [1.82, 2.24) is 29.9 Å². The maximum atomic E-state index is 14.9. The van der Waals surface area contributed by atoms with Crippen LogP contribution in [0.2, 0.25) is 0 Å². The Balaban J connectivity index is 0.00000102. The summed E-state index contributed by atoms with van der Waals surface area (Å²) in [6, 6.07) is 14.4. The topological polar surface area (TPSA) is 135 Å². The molecule has 0 saturated carbocycles. The molecule has 5 rings (SSSR count). The fourth-order valence-electron chi connectivity index (χ4n) is 3.74. The van der Waals surface area contributed by atoms with Crippen LogP contribution in [0, 0.1) is 5.82 Å². The summed E-state index contributed by atoms with van der Waals surface area (Å²) >= 11 is 0. The number of amides is 1. The SMILES string of the molecule is CCC(C)(C)c1cccc(-c2cc(Nc3ncccc3-c3ncnc4nc[nH]c34)ccc2F)n1.NC=O. The van der Waals surface area contributed by atoms with E-state index in [1.165, 1.54) is 12.4 Å². The number of halogens is 1. The van der Waals surface area contributed by atoms with Crippen molar-refractivity contribution in [2.24, 2.45) is 5.73 Å². The number of carbonyl (C=O) groups excluding carboxylic acids is 1. The molecule has 0 aliphatic rings. The average molecular weight is 499 g/mol. The number of hydrogen-bond donors (Lipinski definition) is 3. The molecule has 4 aromatic heterocycles. The highest BCUT2D eigenvalue weighted by molar-refractivity contribution is 5.91. The number of pyridine rings is 2. The third kappa shape index (κ3) is 5.43. The van der Waals surface area contributed by atoms with Gasteiger partial charge < -0.3 is 16.0 Å². The van der Waals surface area contributed by atoms with E-state index in [1.807, 2.05) is 30.3 Å². The van der Waals surface area contributed by atoms with Crippen molar-refractivity contribution in [1.29, 1.82) is 0 Å². The Morgan fingerprint density at radius 3 is 2.65 bits per heavy atom. The number of carbonyl (C=O) groups is 1. The number of anilines is 2. The summed E-state index contributed by atoms with van der Waals surface area (Å²) in [6.45, 7) is 6.40. The van der Waals surface area contributed by atoms with E-state index in [1.54, 1.807) is 24.7 Å². The summed E-state index contributed by atoms with van der Waals surface area (Å²) in [5.74, 6) is 0.254. The van der Waals surface area contributed by atoms with Crippen molar-refractivity contribution in [3.8, 4) is 22.5 Å². The highest BCUT2D eigenvalue weighted by Gasteiger charge is 2.21. The van der Waals surface area contributed by atoms with E-state index in [0.717, 1.165) is 23.2 Å². The second kappa shape index (κ2) is 10.9. The minimum Gasteiger partial charge on any atom is -0.372 e. The van der Waals surface area contributed by atoms with Gasteiger partial charge in [-0.3, -0.25) is 9.78 Å². The number of primary amides is 1. The Kier molecular flexibility index (Phi) is 7.47. The van der Waals surface area contributed by atoms with Crippen LogP contribution in [-0.2, 0) is 10.2 Å². The molecule has 5 aromatic rings. The van der Waals surface area contributed by atoms with Gasteiger partial charge in [0.05, 0.1) is 12.0 Å². The van der Waals surface area contributed by atoms with Crippen LogP contribution < -0.4 is 11.1 Å². The zero-order valence-electron chi connectivity index (χ0n) is 20.7. The molecule has 1 amide bonds. The molecule has 0 aliphatic carbocycles. The lowest BCUT2D eigenvalue weighted by Gasteiger charge is -2.22. The van der Waals surface area contributed by atoms with E-state index in [4.69, 9.17) is 9.78 Å². The Morgan fingerprint density at radius 2 is 1.86 bits per heavy atom. The molecule has 1 aromatic carbocycles. The number of nitrogens with zero attached hydrogens (tertiary/aromatic N) is 5. The van der Waals surface area contributed by atoms with E-state index in [9.17, 15) is 4.39 Å². The summed E-state index contributed by atoms with van der Waals surface area (Å²) in [7, 11) is 0. The molecular formula is C27H27FN8O. The van der Waals surface area contributed by atoms with Crippen molar-refractivity contribution >= 4 is 29.1 Å². The first-order valence-corrected chi connectivity index (χ1v) is 11.7. The van der Waals surface area contributed by atoms with Crippen LogP contribution in [0.1, 0.15) is 32.9 Å². The van der Waals surface area contributed by atoms with Gasteiger partial charge in [-0.1, -0.05) is 26.8 Å². The molecule has 0 spiro atoms. The van der Waals surface area contributed by atoms with Crippen LogP contribution in [0.5, 0.6) is 0 Å². The molecule has 0 atom stereocenters. The lowest BCUT2D eigenvalue weighted by molar-refractivity contribution is -0.106. The Morgan fingerprint density at radius 1 is 1.05 bits per heavy atom. The molecule has 0 aliphatic heterocycles. The molecule has 0 fully saturated rings. The van der Waals surface area contributed by atoms with E-state index >= 15 is 0 Å². The van der Waals surface area contributed by atoms with Crippen LogP contribution in [0.25, 0.3) is 33.7 Å². The predicted molar refractivity (Wildman–Crippen MR) is 141 cm³/mol. The largest absolute Gasteiger partial charge is 0.372 e. The van der Waals surface area contributed by atoms with Crippen LogP contribution in [0.3, 0.4) is 0 Å². The van der Waals surface area contributed by atoms with Crippen molar-refractivity contribution < 1.29 is 9.18 Å². The van der Waals surface area contributed by atoms with Gasteiger partial charge in [0.2, 0.25) is 6.41 Å². The van der Waals surface area contributed by atoms with E-state index in [-0.39, 0.29) is 17.6 Å². The van der Waals surface area contributed by atoms with Gasteiger partial charge in [0.15, 0.2) is 5.65 Å². The number of nitrogens with one attached hydrogen (secondary N) is 2. The zero-order chi connectivity index (χ0) is 26.4. The maximum Gasteiger partial charge on any atom is 0.204 e. The summed E-state index contributed by atoms with van der Waals surface area (Å²) < 4.78 is 14.9. The predicted octanol–water partition coefficient (Wildman–Crippen LogP) is 5.15. The number of nitrogens with two attached hydrogens (primary N) is 1. The van der Waals surface area contributed by atoms with Crippen LogP contribution in [0.15, 0.2) is 67.4 Å². The second-order valence-electron chi connectivity index (χ2n) is 8.82. The molecular weight excluding hydrogens is 471 g/mol. The number of imidazole rings is 1. The van der Waals surface area contributed by atoms with Gasteiger partial charge in [-0.05, 0) is 48.9 Å². The number of H-pyrrole nitrogens is 1. The highest BCUT2D eigenvalue weighted by atomic mass is 19.1. The number of fused-ring (bicyclic) bond motifs is 1. The molecule has 0 radical (unpaired) electrons. The normalized spacial score (nSPS) is 11.0. The monoisotopic (exact) mass is 498 g/mol. The van der Waals surface area contributed by atoms with E-state index < -0.39 is 0 Å². The van der Waals surface area contributed by atoms with E-state index in [0.29, 0.717) is 34.1 Å². The van der Waals surface area contributed by atoms with Gasteiger partial charge in [0.1, 0.15) is 29.2 Å². The number of hydrogen-bond acceptors (Lipinski definition) is 7. The summed E-state index contributed by atoms with van der Waals surface area (Å²) in [4.78, 5) is 33.8. The first-order chi connectivity index (χ1) is 17.9. The van der Waals surface area contributed by atoms with Crippen LogP contribution in [0.4, 0.5) is 15.9 Å². The molecule has 0 unspecified atom stereocenters. The van der Waals surface area contributed by atoms with Crippen LogP contribution >= 0.6 is 0 Å². The van der Waals surface area contributed by atoms with Crippen LogP contribution in [-0.4, -0.2) is 36.3 Å². The highest BCUT2D eigenvalue weighted by Crippen LogP contribution is 2.33. The number of rotatable bonds is 6. The number of benzene rings is 1. The van der Waals surface area contributed by atoms with Gasteiger partial charge in [-0.15, -0.1) is 0 Å². The van der Waals surface area contributed by atoms with Gasteiger partial charge in [0.25, 0.3) is 0 Å². The lowest BCUT2D eigenvalue weighted by Crippen LogP contribution is -2.17. The lowest BCUT2D eigenvalue weighted by atomic mass is 9.86. The van der Waals surface area contributed by atoms with Crippen molar-refractivity contribution in [3.63, 3.8) is 0 Å². The third-order valence-corrected chi connectivity index (χ3v) is 6.12. The summed E-state index contributed by atoms with van der Waals surface area (Å²) in [6.07, 6.45) is 5.93. The van der Waals surface area contributed by atoms with Gasteiger partial charge in [0, 0.05) is 34.1 Å². The fourth-order valence-corrected chi connectivity index (χ4v) is 3.74. The molecule has 9 nitrogen and oxygen atoms in total. The standard InChI is InChI=1S/C26H24FN7.CH3NO/c1-4-26(2,3)21-9-5-8-20(34-21)18-13-16(10-11-19(18)27)33-24-17(7-6-12-28-24)22-23-25(31-14-29-22)32-15-30-23;2-1-3/h5-15H,4H2,1-3H3,(H,28,33)(H,29,30,31,32);1H,(H2,2,3). The molecule has 0 bridgehead atoms. The second-order valence-corrected chi connectivity index (χ2v) is 8.82. The number of aromatic nitrogens is 6. The first kappa shape index (κ1) is 25.4. The number of aromatic amines is 1. The van der Waals surface area contributed by atoms with Gasteiger partial charge >= 0.3 is 0 Å².